The van der Waals surface area contributed by atoms with E-state index >= 15 is 0 Å². The molecule has 0 aliphatic heterocycles. The maximum Gasteiger partial charge on any atom is 0.156 e. The molecule has 0 bridgehead atoms. The predicted octanol–water partition coefficient (Wildman–Crippen LogP) is 2.64. The molecule has 0 heterocycles. The van der Waals surface area contributed by atoms with E-state index < -0.39 is 14.7 Å². The molecule has 0 saturated heterocycles. The highest BCUT2D eigenvalue weighted by molar-refractivity contribution is 7.94. The van der Waals surface area contributed by atoms with Crippen molar-refractivity contribution in [2.24, 2.45) is 0 Å². The molecule has 0 aromatic heterocycles. The van der Waals surface area contributed by atoms with Crippen LogP contribution in [0.15, 0.2) is 30.3 Å². The molecule has 2 N–H and O–H groups in total. The van der Waals surface area contributed by atoms with E-state index in [1.54, 1.807) is 51.1 Å². The van der Waals surface area contributed by atoms with Crippen LogP contribution in [0.3, 0.4) is 0 Å². The Bertz CT molecular complexity index is 420. The Morgan fingerprint density at radius 3 is 2.13 bits per heavy atom. The van der Waals surface area contributed by atoms with Crippen LogP contribution in [0, 0.1) is 4.78 Å². The lowest BCUT2D eigenvalue weighted by Crippen LogP contribution is -2.40. The van der Waals surface area contributed by atoms with Gasteiger partial charge in [-0.3, -0.25) is 5.21 Å². The van der Waals surface area contributed by atoms with E-state index in [9.17, 15) is 9.42 Å². The summed E-state index contributed by atoms with van der Waals surface area (Å²) in [5, 5.41) is 9.75. The smallest absolute Gasteiger partial charge is 0.156 e. The van der Waals surface area contributed by atoms with Crippen molar-refractivity contribution in [3.63, 3.8) is 0 Å². The van der Waals surface area contributed by atoms with Gasteiger partial charge in [0.15, 0.2) is 9.92 Å². The Balaban J connectivity index is 3.12. The third kappa shape index (κ3) is 2.30. The highest BCUT2D eigenvalue weighted by Gasteiger charge is 2.31. The van der Waals surface area contributed by atoms with E-state index in [1.807, 2.05) is 0 Å². The van der Waals surface area contributed by atoms with Crippen molar-refractivity contribution < 1.29 is 9.42 Å². The van der Waals surface area contributed by atoms with Crippen LogP contribution in [-0.4, -0.2) is 14.2 Å². The Hall–Kier alpha value is -1.07. The molecule has 4 nitrogen and oxygen atoms in total. The Morgan fingerprint density at radius 2 is 1.73 bits per heavy atom. The van der Waals surface area contributed by atoms with Crippen molar-refractivity contribution >= 4 is 15.6 Å². The molecule has 0 fully saturated rings. The molecule has 0 spiro atoms. The number of nitrogens with zero attached hydrogens (tertiary/aromatic N) is 1. The van der Waals surface area contributed by atoms with Gasteiger partial charge in [-0.2, -0.15) is 4.47 Å². The van der Waals surface area contributed by atoms with Crippen molar-refractivity contribution in [3.8, 4) is 0 Å². The fourth-order valence-electron chi connectivity index (χ4n) is 0.963. The molecule has 1 unspecified atom stereocenters. The molecule has 0 amide bonds. The second-order valence-electron chi connectivity index (χ2n) is 4.25. The van der Waals surface area contributed by atoms with Crippen LogP contribution in [0.5, 0.6) is 0 Å². The van der Waals surface area contributed by atoms with Crippen LogP contribution < -0.4 is 4.47 Å². The molecular weight excluding hydrogens is 212 g/mol. The van der Waals surface area contributed by atoms with E-state index in [4.69, 9.17) is 4.78 Å². The van der Waals surface area contributed by atoms with Crippen molar-refractivity contribution in [1.82, 2.24) is 0 Å². The monoisotopic (exact) mass is 228 g/mol. The first-order chi connectivity index (χ1) is 6.77. The zero-order chi connectivity index (χ0) is 11.7. The summed E-state index contributed by atoms with van der Waals surface area (Å²) in [6, 6.07) is 8.45. The molecule has 0 aliphatic rings. The van der Waals surface area contributed by atoms with Gasteiger partial charge in [-0.15, -0.1) is 0 Å². The van der Waals surface area contributed by atoms with Crippen LogP contribution in [0.1, 0.15) is 20.8 Å². The first kappa shape index (κ1) is 12.0. The summed E-state index contributed by atoms with van der Waals surface area (Å²) in [6.45, 7) is 4.98. The Kier molecular flexibility index (Phi) is 3.06. The first-order valence-corrected chi connectivity index (χ1v) is 6.11. The maximum absolute atomic E-state index is 12.1. The largest absolute Gasteiger partial charge is 0.275 e. The van der Waals surface area contributed by atoms with Crippen molar-refractivity contribution in [2.75, 3.05) is 4.47 Å². The van der Waals surface area contributed by atoms with Gasteiger partial charge in [0.05, 0.1) is 10.4 Å². The van der Waals surface area contributed by atoms with Crippen LogP contribution in [0.2, 0.25) is 0 Å². The van der Waals surface area contributed by atoms with E-state index in [0.717, 1.165) is 0 Å². The molecule has 1 aromatic carbocycles. The highest BCUT2D eigenvalue weighted by atomic mass is 32.2. The van der Waals surface area contributed by atoms with Gasteiger partial charge in [0.25, 0.3) is 0 Å². The summed E-state index contributed by atoms with van der Waals surface area (Å²) in [4.78, 5) is 0. The molecule has 0 radical (unpaired) electrons. The third-order valence-electron chi connectivity index (χ3n) is 2.05. The first-order valence-electron chi connectivity index (χ1n) is 4.59. The Labute approximate surface area is 90.6 Å². The fourth-order valence-corrected chi connectivity index (χ4v) is 1.90. The second-order valence-corrected chi connectivity index (χ2v) is 6.87. The quantitative estimate of drug-likeness (QED) is 0.764. The van der Waals surface area contributed by atoms with Crippen molar-refractivity contribution in [1.29, 1.82) is 4.78 Å². The molecule has 5 heteroatoms. The maximum atomic E-state index is 12.1. The van der Waals surface area contributed by atoms with Gasteiger partial charge in [-0.1, -0.05) is 18.2 Å². The molecular formula is C10H16N2O2S. The lowest BCUT2D eigenvalue weighted by Gasteiger charge is -2.29. The second kappa shape index (κ2) is 3.83. The van der Waals surface area contributed by atoms with Gasteiger partial charge in [0.1, 0.15) is 0 Å². The average molecular weight is 228 g/mol. The number of hydrogen-bond donors (Lipinski definition) is 2. The Morgan fingerprint density at radius 1 is 1.27 bits per heavy atom. The number of benzene rings is 1. The lowest BCUT2D eigenvalue weighted by atomic mass is 10.3. The summed E-state index contributed by atoms with van der Waals surface area (Å²) < 4.78 is 19.5. The highest BCUT2D eigenvalue weighted by Crippen LogP contribution is 2.24. The van der Waals surface area contributed by atoms with Crippen molar-refractivity contribution in [2.45, 2.75) is 25.5 Å². The number of para-hydroxylation sites is 1. The van der Waals surface area contributed by atoms with Crippen LogP contribution in [0.25, 0.3) is 0 Å². The molecule has 1 aromatic rings. The number of rotatable bonds is 2. The van der Waals surface area contributed by atoms with Gasteiger partial charge < -0.3 is 0 Å². The van der Waals surface area contributed by atoms with Gasteiger partial charge >= 0.3 is 0 Å². The molecule has 0 saturated carbocycles. The van der Waals surface area contributed by atoms with Crippen LogP contribution in [-0.2, 0) is 9.92 Å². The zero-order valence-electron chi connectivity index (χ0n) is 9.10. The SMILES string of the molecule is CC(C)(C)S(=N)(=O)N(O)c1ccccc1. The summed E-state index contributed by atoms with van der Waals surface area (Å²) in [6.07, 6.45) is 0. The lowest BCUT2D eigenvalue weighted by molar-refractivity contribution is 0.319. The minimum atomic E-state index is -3.24. The molecule has 0 aliphatic carbocycles. The third-order valence-corrected chi connectivity index (χ3v) is 4.41. The van der Waals surface area contributed by atoms with Gasteiger partial charge in [0.2, 0.25) is 0 Å². The molecule has 1 atom stereocenters. The van der Waals surface area contributed by atoms with Crippen molar-refractivity contribution in [3.05, 3.63) is 30.3 Å². The molecule has 15 heavy (non-hydrogen) atoms. The van der Waals surface area contributed by atoms with Gasteiger partial charge in [0, 0.05) is 0 Å². The van der Waals surface area contributed by atoms with E-state index in [0.29, 0.717) is 10.2 Å². The van der Waals surface area contributed by atoms with E-state index in [2.05, 4.69) is 0 Å². The summed E-state index contributed by atoms with van der Waals surface area (Å²) in [5.41, 5.74) is 0.368. The summed E-state index contributed by atoms with van der Waals surface area (Å²) in [5.74, 6) is 0. The standard InChI is InChI=1S/C10H16N2O2S/c1-10(2,3)15(11,14)12(13)9-7-5-4-6-8-9/h4-8,11,13H,1-3H3. The summed E-state index contributed by atoms with van der Waals surface area (Å²) >= 11 is 0. The minimum Gasteiger partial charge on any atom is -0.275 e. The average Bonchev–Trinajstić information content (AvgIpc) is 2.16. The van der Waals surface area contributed by atoms with E-state index in [-0.39, 0.29) is 0 Å². The predicted molar refractivity (Wildman–Crippen MR) is 61.3 cm³/mol. The van der Waals surface area contributed by atoms with Crippen LogP contribution in [0.4, 0.5) is 5.69 Å². The normalized spacial score (nSPS) is 15.7. The van der Waals surface area contributed by atoms with Gasteiger partial charge in [-0.25, -0.2) is 8.99 Å². The summed E-state index contributed by atoms with van der Waals surface area (Å²) in [7, 11) is -3.24. The number of nitrogens with one attached hydrogen (secondary N) is 1. The van der Waals surface area contributed by atoms with Crippen LogP contribution >= 0.6 is 0 Å². The fraction of sp³-hybridized carbons (Fsp3) is 0.400. The minimum absolute atomic E-state index is 0.368. The molecule has 84 valence electrons. The topological polar surface area (TPSA) is 64.4 Å². The molecule has 1 rings (SSSR count). The van der Waals surface area contributed by atoms with Gasteiger partial charge in [-0.05, 0) is 32.9 Å². The number of anilines is 1. The zero-order valence-corrected chi connectivity index (χ0v) is 9.91. The number of hydrogen-bond acceptors (Lipinski definition) is 3. The van der Waals surface area contributed by atoms with E-state index in [1.165, 1.54) is 0 Å².